The van der Waals surface area contributed by atoms with E-state index in [4.69, 9.17) is 22.1 Å². The maximum absolute atomic E-state index is 8.47. The number of nitrogens with zero attached hydrogens (tertiary/aromatic N) is 3. The summed E-state index contributed by atoms with van der Waals surface area (Å²) in [4.78, 5) is 2.37. The number of rotatable bonds is 3. The van der Waals surface area contributed by atoms with Crippen LogP contribution in [0.1, 0.15) is 48.9 Å². The lowest BCUT2D eigenvalue weighted by atomic mass is 10.1. The zero-order valence-corrected chi connectivity index (χ0v) is 18.8. The molecule has 3 nitrogen and oxygen atoms in total. The van der Waals surface area contributed by atoms with Gasteiger partial charge in [0.05, 0.1) is 16.7 Å². The minimum Gasteiger partial charge on any atom is -0.302 e. The van der Waals surface area contributed by atoms with E-state index in [9.17, 15) is 0 Å². The van der Waals surface area contributed by atoms with Gasteiger partial charge in [0.25, 0.3) is 0 Å². The molecular weight excluding hydrogens is 378 g/mol. The molecule has 1 atom stereocenters. The van der Waals surface area contributed by atoms with Gasteiger partial charge in [0.2, 0.25) is 0 Å². The lowest BCUT2D eigenvalue weighted by molar-refractivity contribution is 0.336. The molecule has 2 aromatic rings. The molecule has 154 valence electrons. The molecule has 1 fully saturated rings. The molecule has 0 radical (unpaired) electrons. The van der Waals surface area contributed by atoms with Crippen LogP contribution in [0.2, 0.25) is 5.02 Å². The summed E-state index contributed by atoms with van der Waals surface area (Å²) in [5.74, 6) is 0.846. The van der Waals surface area contributed by atoms with Crippen LogP contribution < -0.4 is 0 Å². The lowest BCUT2D eigenvalue weighted by Crippen LogP contribution is -2.20. The van der Waals surface area contributed by atoms with Gasteiger partial charge in [0, 0.05) is 19.5 Å². The minimum atomic E-state index is 0.530. The average molecular weight is 410 g/mol. The molecule has 0 N–H and O–H groups in total. The Balaban J connectivity index is 0.000000218. The summed E-state index contributed by atoms with van der Waals surface area (Å²) in [5, 5.41) is 17.3. The Hall–Kier alpha value is -2.33. The highest BCUT2D eigenvalue weighted by Crippen LogP contribution is 2.16. The van der Waals surface area contributed by atoms with Crippen LogP contribution in [-0.4, -0.2) is 24.5 Å². The Bertz CT molecular complexity index is 833. The third-order valence-electron chi connectivity index (χ3n) is 4.94. The first-order valence-corrected chi connectivity index (χ1v) is 10.6. The first kappa shape index (κ1) is 24.7. The molecule has 0 amide bonds. The predicted molar refractivity (Wildman–Crippen MR) is 122 cm³/mol. The summed E-state index contributed by atoms with van der Waals surface area (Å²) in [6.07, 6.45) is 3.14. The smallest absolute Gasteiger partial charge is 0.101 e. The lowest BCUT2D eigenvalue weighted by Gasteiger charge is -2.11. The molecule has 1 saturated heterocycles. The fourth-order valence-electron chi connectivity index (χ4n) is 3.16. The van der Waals surface area contributed by atoms with Gasteiger partial charge >= 0.3 is 0 Å². The molecule has 0 saturated carbocycles. The third-order valence-corrected chi connectivity index (χ3v) is 5.25. The third kappa shape index (κ3) is 9.62. The van der Waals surface area contributed by atoms with Crippen molar-refractivity contribution in [1.29, 1.82) is 10.5 Å². The van der Waals surface area contributed by atoms with E-state index in [1.54, 1.807) is 12.1 Å². The molecule has 0 spiro atoms. The number of aryl methyl sites for hydroxylation is 3. The highest BCUT2D eigenvalue weighted by molar-refractivity contribution is 6.31. The fourth-order valence-corrected chi connectivity index (χ4v) is 3.43. The molecule has 0 aromatic heterocycles. The molecular formula is C25H32ClN3. The van der Waals surface area contributed by atoms with E-state index < -0.39 is 0 Å². The van der Waals surface area contributed by atoms with Gasteiger partial charge in [0.15, 0.2) is 0 Å². The summed E-state index contributed by atoms with van der Waals surface area (Å²) in [6.45, 7) is 11.9. The molecule has 0 aliphatic carbocycles. The fraction of sp³-hybridized carbons (Fsp3) is 0.440. The van der Waals surface area contributed by atoms with Gasteiger partial charge in [-0.25, -0.2) is 0 Å². The Morgan fingerprint density at radius 3 is 2.34 bits per heavy atom. The molecule has 1 heterocycles. The number of benzene rings is 2. The highest BCUT2D eigenvalue weighted by atomic mass is 35.5. The van der Waals surface area contributed by atoms with E-state index in [0.29, 0.717) is 17.0 Å². The van der Waals surface area contributed by atoms with Crippen LogP contribution in [0.25, 0.3) is 0 Å². The van der Waals surface area contributed by atoms with Crippen LogP contribution in [-0.2, 0) is 6.42 Å². The monoisotopic (exact) mass is 409 g/mol. The predicted octanol–water partition coefficient (Wildman–Crippen LogP) is 6.32. The molecule has 1 aliphatic heterocycles. The Kier molecular flexibility index (Phi) is 11.7. The van der Waals surface area contributed by atoms with Crippen LogP contribution in [0.4, 0.5) is 0 Å². The quantitative estimate of drug-likeness (QED) is 0.595. The maximum atomic E-state index is 8.47. The maximum Gasteiger partial charge on any atom is 0.101 e. The Morgan fingerprint density at radius 1 is 1.14 bits per heavy atom. The number of halogens is 1. The van der Waals surface area contributed by atoms with Crippen molar-refractivity contribution in [1.82, 2.24) is 4.90 Å². The van der Waals surface area contributed by atoms with E-state index in [-0.39, 0.29) is 0 Å². The van der Waals surface area contributed by atoms with Gasteiger partial charge in [0.1, 0.15) is 6.07 Å². The first-order chi connectivity index (χ1) is 13.9. The summed E-state index contributed by atoms with van der Waals surface area (Å²) < 4.78 is 0. The second-order valence-electron chi connectivity index (χ2n) is 7.48. The number of nitriles is 2. The minimum absolute atomic E-state index is 0.530. The average Bonchev–Trinajstić information content (AvgIpc) is 3.13. The Labute approximate surface area is 181 Å². The molecule has 3 rings (SSSR count). The summed E-state index contributed by atoms with van der Waals surface area (Å²) >= 11 is 5.71. The van der Waals surface area contributed by atoms with Gasteiger partial charge in [-0.1, -0.05) is 55.8 Å². The van der Waals surface area contributed by atoms with Gasteiger partial charge in [-0.3, -0.25) is 0 Å². The summed E-state index contributed by atoms with van der Waals surface area (Å²) in [6, 6.07) is 18.0. The van der Waals surface area contributed by atoms with Crippen molar-refractivity contribution in [3.8, 4) is 12.1 Å². The second kappa shape index (κ2) is 13.8. The highest BCUT2D eigenvalue weighted by Gasteiger charge is 2.17. The second-order valence-corrected chi connectivity index (χ2v) is 7.88. The van der Waals surface area contributed by atoms with Crippen molar-refractivity contribution in [3.63, 3.8) is 0 Å². The van der Waals surface area contributed by atoms with Gasteiger partial charge < -0.3 is 4.90 Å². The van der Waals surface area contributed by atoms with Gasteiger partial charge in [-0.05, 0) is 68.0 Å². The molecule has 29 heavy (non-hydrogen) atoms. The van der Waals surface area contributed by atoms with Crippen molar-refractivity contribution in [2.75, 3.05) is 19.6 Å². The molecule has 4 heteroatoms. The van der Waals surface area contributed by atoms with Gasteiger partial charge in [-0.2, -0.15) is 10.5 Å². The van der Waals surface area contributed by atoms with Crippen molar-refractivity contribution < 1.29 is 0 Å². The van der Waals surface area contributed by atoms with E-state index >= 15 is 0 Å². The van der Waals surface area contributed by atoms with Crippen molar-refractivity contribution in [2.24, 2.45) is 5.92 Å². The van der Waals surface area contributed by atoms with E-state index in [0.717, 1.165) is 24.4 Å². The van der Waals surface area contributed by atoms with Crippen molar-refractivity contribution in [3.05, 3.63) is 69.7 Å². The van der Waals surface area contributed by atoms with Crippen molar-refractivity contribution in [2.45, 2.75) is 47.0 Å². The van der Waals surface area contributed by atoms with E-state index in [1.165, 1.54) is 30.6 Å². The van der Waals surface area contributed by atoms with Crippen molar-refractivity contribution >= 4 is 11.6 Å². The van der Waals surface area contributed by atoms with E-state index in [1.807, 2.05) is 19.1 Å². The number of hydrogen-bond acceptors (Lipinski definition) is 3. The first-order valence-electron chi connectivity index (χ1n) is 10.2. The van der Waals surface area contributed by atoms with Crippen LogP contribution in [0.15, 0.2) is 42.5 Å². The molecule has 0 bridgehead atoms. The van der Waals surface area contributed by atoms with Crippen LogP contribution in [0.3, 0.4) is 0 Å². The SMILES string of the molecule is CCc1ccccc1C.C[C@H]1CCN(CCC#N)C1.Cc1ccc(C#N)c(Cl)c1. The standard InChI is InChI=1S/C9H12.C8H6ClN.C8H14N2/c1-3-9-7-5-4-6-8(9)2;1-6-2-3-7(5-10)8(9)4-6;1-8-3-6-10(7-8)5-2-4-9/h4-7H,3H2,1-2H3;2-4H,1H3;8H,2-3,5-7H2,1H3/t;;8-/m..0/s1. The summed E-state index contributed by atoms with van der Waals surface area (Å²) in [7, 11) is 0. The molecule has 0 unspecified atom stereocenters. The summed E-state index contributed by atoms with van der Waals surface area (Å²) in [5.41, 5.74) is 4.47. The Morgan fingerprint density at radius 2 is 1.86 bits per heavy atom. The van der Waals surface area contributed by atoms with E-state index in [2.05, 4.69) is 56.0 Å². The number of hydrogen-bond donors (Lipinski definition) is 0. The largest absolute Gasteiger partial charge is 0.302 e. The molecule has 1 aliphatic rings. The number of likely N-dealkylation sites (tertiary alicyclic amines) is 1. The van der Waals surface area contributed by atoms with Crippen LogP contribution in [0.5, 0.6) is 0 Å². The van der Waals surface area contributed by atoms with Crippen LogP contribution in [0, 0.1) is 42.4 Å². The van der Waals surface area contributed by atoms with Crippen LogP contribution >= 0.6 is 11.6 Å². The molecule has 2 aromatic carbocycles. The topological polar surface area (TPSA) is 50.8 Å². The zero-order chi connectivity index (χ0) is 21.6. The zero-order valence-electron chi connectivity index (χ0n) is 18.1. The normalized spacial score (nSPS) is 15.2. The van der Waals surface area contributed by atoms with Gasteiger partial charge in [-0.15, -0.1) is 0 Å².